The van der Waals surface area contributed by atoms with Gasteiger partial charge >= 0.3 is 5.97 Å². The molecule has 1 atom stereocenters. The molecule has 0 aliphatic heterocycles. The van der Waals surface area contributed by atoms with Crippen molar-refractivity contribution in [1.82, 2.24) is 5.32 Å². The highest BCUT2D eigenvalue weighted by Crippen LogP contribution is 2.11. The van der Waals surface area contributed by atoms with Gasteiger partial charge in [-0.05, 0) is 38.5 Å². The largest absolute Gasteiger partial charge is 0.460 e. The minimum atomic E-state index is -0.456. The third kappa shape index (κ3) is 6.34. The standard InChI is InChI=1S/C15H22FNO2/c1-11(14(18)19-15(2,3)4)9-17-10-12-5-7-13(16)8-6-12/h5-8,11,17H,9-10H2,1-4H3/t11-/m0/s1. The lowest BCUT2D eigenvalue weighted by atomic mass is 10.1. The third-order valence-corrected chi connectivity index (χ3v) is 2.50. The SMILES string of the molecule is C[C@@H](CNCc1ccc(F)cc1)C(=O)OC(C)(C)C. The summed E-state index contributed by atoms with van der Waals surface area (Å²) in [7, 11) is 0. The number of nitrogens with one attached hydrogen (secondary N) is 1. The molecule has 1 aromatic rings. The molecule has 0 fully saturated rings. The molecule has 0 heterocycles. The zero-order valence-electron chi connectivity index (χ0n) is 12.0. The number of carbonyl (C=O) groups excluding carboxylic acids is 1. The van der Waals surface area contributed by atoms with E-state index in [1.54, 1.807) is 12.1 Å². The average molecular weight is 267 g/mol. The fourth-order valence-electron chi connectivity index (χ4n) is 1.52. The van der Waals surface area contributed by atoms with Crippen LogP contribution in [0.25, 0.3) is 0 Å². The van der Waals surface area contributed by atoms with E-state index in [4.69, 9.17) is 4.74 Å². The van der Waals surface area contributed by atoms with Gasteiger partial charge in [-0.3, -0.25) is 4.79 Å². The van der Waals surface area contributed by atoms with E-state index >= 15 is 0 Å². The Balaban J connectivity index is 2.32. The van der Waals surface area contributed by atoms with Crippen molar-refractivity contribution in [3.63, 3.8) is 0 Å². The number of halogens is 1. The van der Waals surface area contributed by atoms with Gasteiger partial charge in [0.05, 0.1) is 5.92 Å². The van der Waals surface area contributed by atoms with Crippen molar-refractivity contribution in [1.29, 1.82) is 0 Å². The van der Waals surface area contributed by atoms with Crippen LogP contribution in [-0.4, -0.2) is 18.1 Å². The number of hydrogen-bond donors (Lipinski definition) is 1. The van der Waals surface area contributed by atoms with Crippen LogP contribution in [0.2, 0.25) is 0 Å². The molecule has 19 heavy (non-hydrogen) atoms. The Hall–Kier alpha value is -1.42. The van der Waals surface area contributed by atoms with Crippen LogP contribution in [0, 0.1) is 11.7 Å². The van der Waals surface area contributed by atoms with Gasteiger partial charge in [-0.1, -0.05) is 19.1 Å². The highest BCUT2D eigenvalue weighted by atomic mass is 19.1. The second-order valence-electron chi connectivity index (χ2n) is 5.69. The predicted molar refractivity (Wildman–Crippen MR) is 73.1 cm³/mol. The summed E-state index contributed by atoms with van der Waals surface area (Å²) < 4.78 is 18.0. The van der Waals surface area contributed by atoms with Crippen LogP contribution in [0.1, 0.15) is 33.3 Å². The van der Waals surface area contributed by atoms with Crippen molar-refractivity contribution >= 4 is 5.97 Å². The topological polar surface area (TPSA) is 38.3 Å². The van der Waals surface area contributed by atoms with E-state index in [1.165, 1.54) is 12.1 Å². The first-order valence-corrected chi connectivity index (χ1v) is 6.46. The van der Waals surface area contributed by atoms with E-state index in [1.807, 2.05) is 27.7 Å². The number of benzene rings is 1. The fourth-order valence-corrected chi connectivity index (χ4v) is 1.52. The summed E-state index contributed by atoms with van der Waals surface area (Å²) in [5.41, 5.74) is 0.528. The summed E-state index contributed by atoms with van der Waals surface area (Å²) in [4.78, 5) is 11.7. The summed E-state index contributed by atoms with van der Waals surface area (Å²) in [6, 6.07) is 6.30. The lowest BCUT2D eigenvalue weighted by Gasteiger charge is -2.22. The molecule has 0 aliphatic carbocycles. The molecule has 1 rings (SSSR count). The summed E-state index contributed by atoms with van der Waals surface area (Å²) in [6.45, 7) is 8.52. The minimum absolute atomic E-state index is 0.209. The van der Waals surface area contributed by atoms with E-state index in [0.717, 1.165) is 5.56 Å². The molecule has 106 valence electrons. The zero-order valence-corrected chi connectivity index (χ0v) is 12.0. The summed E-state index contributed by atoms with van der Waals surface area (Å²) in [6.07, 6.45) is 0. The van der Waals surface area contributed by atoms with E-state index in [9.17, 15) is 9.18 Å². The van der Waals surface area contributed by atoms with Crippen LogP contribution in [0.4, 0.5) is 4.39 Å². The maximum Gasteiger partial charge on any atom is 0.310 e. The number of carbonyl (C=O) groups is 1. The Morgan fingerprint density at radius 3 is 2.42 bits per heavy atom. The molecule has 0 unspecified atom stereocenters. The smallest absolute Gasteiger partial charge is 0.310 e. The third-order valence-electron chi connectivity index (χ3n) is 2.50. The van der Waals surface area contributed by atoms with Crippen molar-refractivity contribution in [3.05, 3.63) is 35.6 Å². The quantitative estimate of drug-likeness (QED) is 0.834. The molecule has 0 aromatic heterocycles. The monoisotopic (exact) mass is 267 g/mol. The van der Waals surface area contributed by atoms with Crippen LogP contribution in [0.3, 0.4) is 0 Å². The average Bonchev–Trinajstić information content (AvgIpc) is 2.29. The Morgan fingerprint density at radius 2 is 1.89 bits per heavy atom. The maximum absolute atomic E-state index is 12.7. The van der Waals surface area contributed by atoms with E-state index in [0.29, 0.717) is 13.1 Å². The van der Waals surface area contributed by atoms with E-state index in [2.05, 4.69) is 5.32 Å². The van der Waals surface area contributed by atoms with Crippen molar-refractivity contribution < 1.29 is 13.9 Å². The maximum atomic E-state index is 12.7. The van der Waals surface area contributed by atoms with Gasteiger partial charge in [0, 0.05) is 13.1 Å². The highest BCUT2D eigenvalue weighted by Gasteiger charge is 2.21. The van der Waals surface area contributed by atoms with Gasteiger partial charge in [-0.15, -0.1) is 0 Å². The number of hydrogen-bond acceptors (Lipinski definition) is 3. The van der Waals surface area contributed by atoms with Gasteiger partial charge in [0.25, 0.3) is 0 Å². The Bertz CT molecular complexity index is 409. The van der Waals surface area contributed by atoms with Crippen LogP contribution < -0.4 is 5.32 Å². The van der Waals surface area contributed by atoms with Gasteiger partial charge < -0.3 is 10.1 Å². The Labute approximate surface area is 114 Å². The molecular formula is C15H22FNO2. The fraction of sp³-hybridized carbons (Fsp3) is 0.533. The summed E-state index contributed by atoms with van der Waals surface area (Å²) >= 11 is 0. The molecule has 0 saturated carbocycles. The minimum Gasteiger partial charge on any atom is -0.460 e. The van der Waals surface area contributed by atoms with Crippen molar-refractivity contribution in [2.45, 2.75) is 39.8 Å². The van der Waals surface area contributed by atoms with Crippen molar-refractivity contribution in [2.75, 3.05) is 6.54 Å². The number of rotatable bonds is 5. The van der Waals surface area contributed by atoms with Crippen LogP contribution in [-0.2, 0) is 16.1 Å². The molecule has 0 bridgehead atoms. The van der Waals surface area contributed by atoms with E-state index in [-0.39, 0.29) is 17.7 Å². The first kappa shape index (κ1) is 15.6. The molecule has 0 spiro atoms. The molecule has 4 heteroatoms. The number of ether oxygens (including phenoxy) is 1. The van der Waals surface area contributed by atoms with Crippen LogP contribution in [0.15, 0.2) is 24.3 Å². The molecule has 0 saturated heterocycles. The second-order valence-corrected chi connectivity index (χ2v) is 5.69. The van der Waals surface area contributed by atoms with Crippen molar-refractivity contribution in [2.24, 2.45) is 5.92 Å². The van der Waals surface area contributed by atoms with Gasteiger partial charge in [0.1, 0.15) is 11.4 Å². The molecule has 3 nitrogen and oxygen atoms in total. The van der Waals surface area contributed by atoms with Crippen LogP contribution >= 0.6 is 0 Å². The number of esters is 1. The second kappa shape index (κ2) is 6.66. The van der Waals surface area contributed by atoms with E-state index < -0.39 is 5.60 Å². The molecule has 0 amide bonds. The predicted octanol–water partition coefficient (Wildman–Crippen LogP) is 2.89. The first-order valence-electron chi connectivity index (χ1n) is 6.46. The molecule has 1 aromatic carbocycles. The molecule has 0 radical (unpaired) electrons. The lowest BCUT2D eigenvalue weighted by molar-refractivity contribution is -0.159. The molecule has 0 aliphatic rings. The first-order chi connectivity index (χ1) is 8.78. The van der Waals surface area contributed by atoms with Crippen molar-refractivity contribution in [3.8, 4) is 0 Å². The summed E-state index contributed by atoms with van der Waals surface area (Å²) in [5.74, 6) is -0.662. The Kier molecular flexibility index (Phi) is 5.48. The van der Waals surface area contributed by atoms with Gasteiger partial charge in [-0.2, -0.15) is 0 Å². The van der Waals surface area contributed by atoms with Crippen LogP contribution in [0.5, 0.6) is 0 Å². The van der Waals surface area contributed by atoms with Gasteiger partial charge in [0.15, 0.2) is 0 Å². The molecular weight excluding hydrogens is 245 g/mol. The molecule has 1 N–H and O–H groups in total. The highest BCUT2D eigenvalue weighted by molar-refractivity contribution is 5.72. The zero-order chi connectivity index (χ0) is 14.5. The normalized spacial score (nSPS) is 13.1. The summed E-state index contributed by atoms with van der Waals surface area (Å²) in [5, 5.41) is 3.16. The van der Waals surface area contributed by atoms with Gasteiger partial charge in [-0.25, -0.2) is 4.39 Å². The lowest BCUT2D eigenvalue weighted by Crippen LogP contribution is -2.32. The van der Waals surface area contributed by atoms with Gasteiger partial charge in [0.2, 0.25) is 0 Å². The Morgan fingerprint density at radius 1 is 1.32 bits per heavy atom.